The molecule has 0 aromatic heterocycles. The van der Waals surface area contributed by atoms with E-state index in [0.717, 1.165) is 0 Å². The molecule has 1 unspecified atom stereocenters. The van der Waals surface area contributed by atoms with Crippen LogP contribution in [-0.2, 0) is 4.79 Å². The standard InChI is InChI=1S/C21H19N3O4/c1-14(25)15-5-4-6-17(9-15)24-21(26)16(10-22)11-23-12-18-13-27-19-7-2-3-8-20(19)28-18/h2-9,11,18,23H,12-13H2,1H3,(H,24,26)/b16-11-. The van der Waals surface area contributed by atoms with Crippen molar-refractivity contribution in [2.75, 3.05) is 18.5 Å². The topological polar surface area (TPSA) is 100 Å². The fourth-order valence-corrected chi connectivity index (χ4v) is 2.62. The summed E-state index contributed by atoms with van der Waals surface area (Å²) in [4.78, 5) is 23.7. The van der Waals surface area contributed by atoms with E-state index in [1.165, 1.54) is 13.1 Å². The number of fused-ring (bicyclic) bond motifs is 1. The van der Waals surface area contributed by atoms with Gasteiger partial charge in [-0.2, -0.15) is 5.26 Å². The molecule has 2 aromatic rings. The van der Waals surface area contributed by atoms with Crippen LogP contribution in [0.4, 0.5) is 5.69 Å². The van der Waals surface area contributed by atoms with E-state index in [1.54, 1.807) is 24.3 Å². The Bertz CT molecular complexity index is 962. The Morgan fingerprint density at radius 3 is 2.75 bits per heavy atom. The molecule has 3 rings (SSSR count). The van der Waals surface area contributed by atoms with Crippen LogP contribution in [0.25, 0.3) is 0 Å². The number of ether oxygens (including phenoxy) is 2. The zero-order valence-corrected chi connectivity index (χ0v) is 15.3. The second-order valence-electron chi connectivity index (χ2n) is 6.17. The van der Waals surface area contributed by atoms with Gasteiger partial charge in [0.05, 0.1) is 6.54 Å². The van der Waals surface area contributed by atoms with Crippen LogP contribution in [-0.4, -0.2) is 30.9 Å². The molecule has 28 heavy (non-hydrogen) atoms. The summed E-state index contributed by atoms with van der Waals surface area (Å²) in [5.74, 6) is 0.680. The van der Waals surface area contributed by atoms with Crippen molar-refractivity contribution in [2.24, 2.45) is 0 Å². The molecule has 1 aliphatic rings. The minimum Gasteiger partial charge on any atom is -0.486 e. The van der Waals surface area contributed by atoms with Gasteiger partial charge in [-0.05, 0) is 31.2 Å². The number of hydrogen-bond acceptors (Lipinski definition) is 6. The predicted molar refractivity (Wildman–Crippen MR) is 103 cm³/mol. The Balaban J connectivity index is 1.57. The van der Waals surface area contributed by atoms with E-state index < -0.39 is 5.91 Å². The number of amides is 1. The van der Waals surface area contributed by atoms with E-state index in [0.29, 0.717) is 35.9 Å². The van der Waals surface area contributed by atoms with Gasteiger partial charge in [0.1, 0.15) is 24.4 Å². The number of nitriles is 1. The Hall–Kier alpha value is -3.79. The number of rotatable bonds is 6. The highest BCUT2D eigenvalue weighted by Crippen LogP contribution is 2.30. The van der Waals surface area contributed by atoms with Gasteiger partial charge in [0.2, 0.25) is 0 Å². The molecule has 1 amide bonds. The Labute approximate surface area is 162 Å². The van der Waals surface area contributed by atoms with Crippen LogP contribution in [0.2, 0.25) is 0 Å². The Morgan fingerprint density at radius 1 is 1.21 bits per heavy atom. The molecule has 0 saturated heterocycles. The van der Waals surface area contributed by atoms with E-state index in [4.69, 9.17) is 9.47 Å². The fourth-order valence-electron chi connectivity index (χ4n) is 2.62. The Kier molecular flexibility index (Phi) is 5.92. The molecule has 1 heterocycles. The first-order chi connectivity index (χ1) is 13.6. The van der Waals surface area contributed by atoms with Gasteiger partial charge in [0, 0.05) is 17.5 Å². The van der Waals surface area contributed by atoms with Gasteiger partial charge in [-0.3, -0.25) is 9.59 Å². The molecule has 0 aliphatic carbocycles. The number of ketones is 1. The predicted octanol–water partition coefficient (Wildman–Crippen LogP) is 2.66. The van der Waals surface area contributed by atoms with Crippen molar-refractivity contribution in [1.82, 2.24) is 5.32 Å². The van der Waals surface area contributed by atoms with Crippen LogP contribution in [0.3, 0.4) is 0 Å². The first-order valence-electron chi connectivity index (χ1n) is 8.71. The average molecular weight is 377 g/mol. The zero-order valence-electron chi connectivity index (χ0n) is 15.3. The summed E-state index contributed by atoms with van der Waals surface area (Å²) >= 11 is 0. The third kappa shape index (κ3) is 4.68. The molecule has 0 radical (unpaired) electrons. The van der Waals surface area contributed by atoms with Crippen LogP contribution in [0.1, 0.15) is 17.3 Å². The number of hydrogen-bond donors (Lipinski definition) is 2. The summed E-state index contributed by atoms with van der Waals surface area (Å²) in [6, 6.07) is 15.8. The van der Waals surface area contributed by atoms with Crippen LogP contribution in [0.15, 0.2) is 60.3 Å². The van der Waals surface area contributed by atoms with Gasteiger partial charge in [0.15, 0.2) is 17.3 Å². The van der Waals surface area contributed by atoms with Gasteiger partial charge >= 0.3 is 0 Å². The number of Topliss-reactive ketones (excluding diaryl/α,β-unsaturated/α-hetero) is 1. The number of carbonyl (C=O) groups is 2. The van der Waals surface area contributed by atoms with Crippen LogP contribution in [0.5, 0.6) is 11.5 Å². The third-order valence-electron chi connectivity index (χ3n) is 4.05. The van der Waals surface area contributed by atoms with E-state index in [9.17, 15) is 14.9 Å². The summed E-state index contributed by atoms with van der Waals surface area (Å²) in [6.07, 6.45) is 1.09. The monoisotopic (exact) mass is 377 g/mol. The van der Waals surface area contributed by atoms with Gasteiger partial charge in [0.25, 0.3) is 5.91 Å². The maximum Gasteiger partial charge on any atom is 0.267 e. The number of anilines is 1. The number of carbonyl (C=O) groups excluding carboxylic acids is 2. The fraction of sp³-hybridized carbons (Fsp3) is 0.190. The summed E-state index contributed by atoms with van der Waals surface area (Å²) in [5, 5.41) is 14.8. The quantitative estimate of drug-likeness (QED) is 0.456. The normalized spacial score (nSPS) is 15.3. The van der Waals surface area contributed by atoms with Crippen molar-refractivity contribution in [3.05, 3.63) is 65.9 Å². The van der Waals surface area contributed by atoms with Crippen molar-refractivity contribution in [1.29, 1.82) is 5.26 Å². The highest BCUT2D eigenvalue weighted by molar-refractivity contribution is 6.07. The summed E-state index contributed by atoms with van der Waals surface area (Å²) < 4.78 is 11.4. The first-order valence-corrected chi connectivity index (χ1v) is 8.71. The van der Waals surface area contributed by atoms with E-state index >= 15 is 0 Å². The van der Waals surface area contributed by atoms with Crippen molar-refractivity contribution in [3.63, 3.8) is 0 Å². The minimum atomic E-state index is -0.568. The van der Waals surface area contributed by atoms with Crippen LogP contribution < -0.4 is 20.1 Å². The number of nitrogens with one attached hydrogen (secondary N) is 2. The maximum absolute atomic E-state index is 12.3. The molecule has 142 valence electrons. The van der Waals surface area contributed by atoms with Crippen molar-refractivity contribution in [3.8, 4) is 17.6 Å². The summed E-state index contributed by atoms with van der Waals surface area (Å²) in [5.41, 5.74) is 0.831. The second kappa shape index (κ2) is 8.73. The van der Waals surface area contributed by atoms with Crippen molar-refractivity contribution >= 4 is 17.4 Å². The second-order valence-corrected chi connectivity index (χ2v) is 6.17. The highest BCUT2D eigenvalue weighted by atomic mass is 16.6. The van der Waals surface area contributed by atoms with Gasteiger partial charge < -0.3 is 20.1 Å². The first kappa shape index (κ1) is 19.0. The molecule has 7 nitrogen and oxygen atoms in total. The number of benzene rings is 2. The maximum atomic E-state index is 12.3. The van der Waals surface area contributed by atoms with E-state index in [-0.39, 0.29) is 17.5 Å². The third-order valence-corrected chi connectivity index (χ3v) is 4.05. The van der Waals surface area contributed by atoms with E-state index in [2.05, 4.69) is 10.6 Å². The van der Waals surface area contributed by atoms with Crippen LogP contribution in [0, 0.1) is 11.3 Å². The average Bonchev–Trinajstić information content (AvgIpc) is 2.71. The summed E-state index contributed by atoms with van der Waals surface area (Å²) in [6.45, 7) is 2.18. The smallest absolute Gasteiger partial charge is 0.267 e. The molecule has 1 aliphatic heterocycles. The lowest BCUT2D eigenvalue weighted by atomic mass is 10.1. The molecule has 0 bridgehead atoms. The van der Waals surface area contributed by atoms with Crippen molar-refractivity contribution in [2.45, 2.75) is 13.0 Å². The number of nitrogens with zero attached hydrogens (tertiary/aromatic N) is 1. The molecule has 2 N–H and O–H groups in total. The van der Waals surface area contributed by atoms with Gasteiger partial charge in [-0.1, -0.05) is 24.3 Å². The minimum absolute atomic E-state index is 0.0923. The Morgan fingerprint density at radius 2 is 2.00 bits per heavy atom. The molecule has 0 saturated carbocycles. The lowest BCUT2D eigenvalue weighted by molar-refractivity contribution is -0.112. The van der Waals surface area contributed by atoms with E-state index in [1.807, 2.05) is 30.3 Å². The SMILES string of the molecule is CC(=O)c1cccc(NC(=O)/C(C#N)=C\NCC2COc3ccccc3O2)c1. The number of para-hydroxylation sites is 2. The highest BCUT2D eigenvalue weighted by Gasteiger charge is 2.20. The summed E-state index contributed by atoms with van der Waals surface area (Å²) in [7, 11) is 0. The van der Waals surface area contributed by atoms with Crippen LogP contribution >= 0.6 is 0 Å². The largest absolute Gasteiger partial charge is 0.486 e. The molecule has 0 fully saturated rings. The van der Waals surface area contributed by atoms with Gasteiger partial charge in [-0.25, -0.2) is 0 Å². The molecule has 2 aromatic carbocycles. The molecule has 0 spiro atoms. The molecular weight excluding hydrogens is 358 g/mol. The lowest BCUT2D eigenvalue weighted by Crippen LogP contribution is -2.37. The zero-order chi connectivity index (χ0) is 19.9. The van der Waals surface area contributed by atoms with Gasteiger partial charge in [-0.15, -0.1) is 0 Å². The molecular formula is C21H19N3O4. The molecule has 1 atom stereocenters. The molecule has 7 heteroatoms. The van der Waals surface area contributed by atoms with Crippen molar-refractivity contribution < 1.29 is 19.1 Å². The lowest BCUT2D eigenvalue weighted by Gasteiger charge is -2.26.